The Bertz CT molecular complexity index is 211. The topological polar surface area (TPSA) is 41.1 Å². The molecule has 1 aliphatic rings. The molecule has 0 aromatic rings. The molecular weight excluding hydrogens is 164 g/mol. The van der Waals surface area contributed by atoms with Gasteiger partial charge in [0.15, 0.2) is 0 Å². The van der Waals surface area contributed by atoms with Crippen LogP contribution in [0.3, 0.4) is 0 Å². The summed E-state index contributed by atoms with van der Waals surface area (Å²) in [7, 11) is 0. The number of carbonyl (C=O) groups is 1. The van der Waals surface area contributed by atoms with E-state index < -0.39 is 0 Å². The minimum absolute atomic E-state index is 0.0719. The second kappa shape index (κ2) is 4.30. The zero-order valence-corrected chi connectivity index (χ0v) is 8.39. The maximum absolute atomic E-state index is 11.2. The van der Waals surface area contributed by atoms with Gasteiger partial charge in [0.05, 0.1) is 0 Å². The number of amides is 1. The zero-order valence-electron chi connectivity index (χ0n) is 8.39. The number of rotatable bonds is 3. The molecule has 3 nitrogen and oxygen atoms in total. The monoisotopic (exact) mass is 182 g/mol. The molecule has 1 unspecified atom stereocenters. The summed E-state index contributed by atoms with van der Waals surface area (Å²) < 4.78 is 0. The van der Waals surface area contributed by atoms with E-state index in [-0.39, 0.29) is 11.8 Å². The smallest absolute Gasteiger partial charge is 0.222 e. The lowest BCUT2D eigenvalue weighted by molar-refractivity contribution is -0.124. The van der Waals surface area contributed by atoms with Gasteiger partial charge in [-0.15, -0.1) is 0 Å². The SMILES string of the molecule is C=C1NCCC1CNC(=O)C(C)C. The molecule has 0 aromatic heterocycles. The van der Waals surface area contributed by atoms with E-state index in [2.05, 4.69) is 17.2 Å². The number of carbonyl (C=O) groups excluding carboxylic acids is 1. The van der Waals surface area contributed by atoms with Crippen LogP contribution in [0.4, 0.5) is 0 Å². The molecule has 3 heteroatoms. The van der Waals surface area contributed by atoms with Crippen molar-refractivity contribution < 1.29 is 4.79 Å². The predicted molar refractivity (Wildman–Crippen MR) is 53.1 cm³/mol. The van der Waals surface area contributed by atoms with Crippen LogP contribution in [0.25, 0.3) is 0 Å². The Morgan fingerprint density at radius 1 is 1.77 bits per heavy atom. The van der Waals surface area contributed by atoms with Crippen molar-refractivity contribution >= 4 is 5.91 Å². The molecule has 0 spiro atoms. The first kappa shape index (κ1) is 10.1. The van der Waals surface area contributed by atoms with Crippen LogP contribution in [0, 0.1) is 11.8 Å². The van der Waals surface area contributed by atoms with E-state index in [1.807, 2.05) is 13.8 Å². The predicted octanol–water partition coefficient (Wildman–Crippen LogP) is 0.882. The van der Waals surface area contributed by atoms with Crippen molar-refractivity contribution in [1.29, 1.82) is 0 Å². The zero-order chi connectivity index (χ0) is 9.84. The lowest BCUT2D eigenvalue weighted by Gasteiger charge is -2.12. The van der Waals surface area contributed by atoms with Crippen LogP contribution in [0.1, 0.15) is 20.3 Å². The van der Waals surface area contributed by atoms with E-state index in [9.17, 15) is 4.79 Å². The fourth-order valence-electron chi connectivity index (χ4n) is 1.38. The standard InChI is InChI=1S/C10H18N2O/c1-7(2)10(13)12-6-9-4-5-11-8(9)3/h7,9,11H,3-6H2,1-2H3,(H,12,13). The number of nitrogens with one attached hydrogen (secondary N) is 2. The van der Waals surface area contributed by atoms with Crippen molar-refractivity contribution in [2.24, 2.45) is 11.8 Å². The molecule has 1 fully saturated rings. The molecule has 1 heterocycles. The van der Waals surface area contributed by atoms with Gasteiger partial charge in [-0.05, 0) is 6.42 Å². The van der Waals surface area contributed by atoms with Crippen LogP contribution in [0.5, 0.6) is 0 Å². The second-order valence-corrected chi connectivity index (χ2v) is 3.84. The van der Waals surface area contributed by atoms with E-state index in [1.165, 1.54) is 0 Å². The van der Waals surface area contributed by atoms with Gasteiger partial charge in [-0.25, -0.2) is 0 Å². The highest BCUT2D eigenvalue weighted by molar-refractivity contribution is 5.77. The average Bonchev–Trinajstić information content (AvgIpc) is 2.47. The summed E-state index contributed by atoms with van der Waals surface area (Å²) in [6.07, 6.45) is 1.08. The molecule has 13 heavy (non-hydrogen) atoms. The van der Waals surface area contributed by atoms with Gasteiger partial charge in [-0.3, -0.25) is 4.79 Å². The van der Waals surface area contributed by atoms with E-state index in [4.69, 9.17) is 0 Å². The molecule has 74 valence electrons. The Labute approximate surface area is 79.6 Å². The minimum atomic E-state index is 0.0719. The molecular formula is C10H18N2O. The molecule has 1 atom stereocenters. The molecule has 0 saturated carbocycles. The summed E-state index contributed by atoms with van der Waals surface area (Å²) in [5.74, 6) is 0.616. The van der Waals surface area contributed by atoms with Gasteiger partial charge in [0, 0.05) is 30.6 Å². The summed E-state index contributed by atoms with van der Waals surface area (Å²) in [4.78, 5) is 11.2. The summed E-state index contributed by atoms with van der Waals surface area (Å²) in [6, 6.07) is 0. The third-order valence-corrected chi connectivity index (χ3v) is 2.38. The Morgan fingerprint density at radius 2 is 2.46 bits per heavy atom. The molecule has 1 rings (SSSR count). The van der Waals surface area contributed by atoms with Crippen molar-refractivity contribution in [3.05, 3.63) is 12.3 Å². The van der Waals surface area contributed by atoms with Crippen LogP contribution in [-0.2, 0) is 4.79 Å². The van der Waals surface area contributed by atoms with Gasteiger partial charge < -0.3 is 10.6 Å². The molecule has 0 aromatic carbocycles. The minimum Gasteiger partial charge on any atom is -0.389 e. The lowest BCUT2D eigenvalue weighted by Crippen LogP contribution is -2.32. The molecule has 1 aliphatic heterocycles. The van der Waals surface area contributed by atoms with Crippen LogP contribution in [0.2, 0.25) is 0 Å². The summed E-state index contributed by atoms with van der Waals surface area (Å²) >= 11 is 0. The largest absolute Gasteiger partial charge is 0.389 e. The second-order valence-electron chi connectivity index (χ2n) is 3.84. The van der Waals surface area contributed by atoms with Crippen molar-refractivity contribution in [3.8, 4) is 0 Å². The van der Waals surface area contributed by atoms with E-state index in [0.717, 1.165) is 25.2 Å². The normalized spacial score (nSPS) is 21.8. The maximum atomic E-state index is 11.2. The molecule has 0 bridgehead atoms. The van der Waals surface area contributed by atoms with Gasteiger partial charge in [-0.1, -0.05) is 20.4 Å². The highest BCUT2D eigenvalue weighted by atomic mass is 16.1. The van der Waals surface area contributed by atoms with E-state index in [1.54, 1.807) is 0 Å². The Morgan fingerprint density at radius 3 is 2.92 bits per heavy atom. The third-order valence-electron chi connectivity index (χ3n) is 2.38. The maximum Gasteiger partial charge on any atom is 0.222 e. The number of hydrogen-bond acceptors (Lipinski definition) is 2. The van der Waals surface area contributed by atoms with Gasteiger partial charge in [0.25, 0.3) is 0 Å². The van der Waals surface area contributed by atoms with Crippen LogP contribution in [-0.4, -0.2) is 19.0 Å². The van der Waals surface area contributed by atoms with Gasteiger partial charge >= 0.3 is 0 Å². The van der Waals surface area contributed by atoms with Gasteiger partial charge in [0.2, 0.25) is 5.91 Å². The van der Waals surface area contributed by atoms with Crippen molar-refractivity contribution in [3.63, 3.8) is 0 Å². The summed E-state index contributed by atoms with van der Waals surface area (Å²) in [5, 5.41) is 6.09. The number of hydrogen-bond donors (Lipinski definition) is 2. The fourth-order valence-corrected chi connectivity index (χ4v) is 1.38. The third kappa shape index (κ3) is 2.76. The molecule has 1 saturated heterocycles. The van der Waals surface area contributed by atoms with Crippen molar-refractivity contribution in [2.45, 2.75) is 20.3 Å². The van der Waals surface area contributed by atoms with Crippen LogP contribution >= 0.6 is 0 Å². The summed E-state index contributed by atoms with van der Waals surface area (Å²) in [5.41, 5.74) is 1.06. The van der Waals surface area contributed by atoms with E-state index >= 15 is 0 Å². The Balaban J connectivity index is 2.26. The van der Waals surface area contributed by atoms with Gasteiger partial charge in [0.1, 0.15) is 0 Å². The first-order valence-corrected chi connectivity index (χ1v) is 4.81. The first-order valence-electron chi connectivity index (χ1n) is 4.81. The molecule has 0 radical (unpaired) electrons. The van der Waals surface area contributed by atoms with Gasteiger partial charge in [-0.2, -0.15) is 0 Å². The summed E-state index contributed by atoms with van der Waals surface area (Å²) in [6.45, 7) is 9.41. The molecule has 0 aliphatic carbocycles. The Kier molecular flexibility index (Phi) is 3.34. The quantitative estimate of drug-likeness (QED) is 0.680. The molecule has 2 N–H and O–H groups in total. The highest BCUT2D eigenvalue weighted by Crippen LogP contribution is 2.15. The fraction of sp³-hybridized carbons (Fsp3) is 0.700. The lowest BCUT2D eigenvalue weighted by atomic mass is 10.1. The highest BCUT2D eigenvalue weighted by Gasteiger charge is 2.19. The van der Waals surface area contributed by atoms with E-state index in [0.29, 0.717) is 5.92 Å². The first-order chi connectivity index (χ1) is 6.11. The van der Waals surface area contributed by atoms with Crippen molar-refractivity contribution in [1.82, 2.24) is 10.6 Å². The van der Waals surface area contributed by atoms with Crippen molar-refractivity contribution in [2.75, 3.05) is 13.1 Å². The average molecular weight is 182 g/mol. The van der Waals surface area contributed by atoms with Crippen LogP contribution in [0.15, 0.2) is 12.3 Å². The molecule has 1 amide bonds. The van der Waals surface area contributed by atoms with Crippen LogP contribution < -0.4 is 10.6 Å². The Hall–Kier alpha value is -0.990.